The van der Waals surface area contributed by atoms with Gasteiger partial charge in [0.1, 0.15) is 0 Å². The highest BCUT2D eigenvalue weighted by atomic mass is 19.4. The highest BCUT2D eigenvalue weighted by molar-refractivity contribution is 6.10. The predicted molar refractivity (Wildman–Crippen MR) is 225 cm³/mol. The fourth-order valence-corrected chi connectivity index (χ4v) is 11.5. The number of ketones is 1. The van der Waals surface area contributed by atoms with Gasteiger partial charge >= 0.3 is 6.18 Å². The lowest BCUT2D eigenvalue weighted by molar-refractivity contribution is -0.137. The molecule has 4 bridgehead atoms. The average Bonchev–Trinajstić information content (AvgIpc) is 3.45. The summed E-state index contributed by atoms with van der Waals surface area (Å²) in [4.78, 5) is 16.8. The van der Waals surface area contributed by atoms with Gasteiger partial charge in [0.25, 0.3) is 0 Å². The number of ether oxygens (including phenoxy) is 1. The van der Waals surface area contributed by atoms with Crippen molar-refractivity contribution in [2.75, 3.05) is 26.2 Å². The Morgan fingerprint density at radius 1 is 0.966 bits per heavy atom. The Labute approximate surface area is 348 Å². The molecular weight excluding hydrogens is 752 g/mol. The van der Waals surface area contributed by atoms with Gasteiger partial charge in [0.15, 0.2) is 5.78 Å². The zero-order chi connectivity index (χ0) is 42.2. The Bertz CT molecular complexity index is 1960. The molecule has 4 fully saturated rings. The van der Waals surface area contributed by atoms with Gasteiger partial charge in [-0.25, -0.2) is 0 Å². The van der Waals surface area contributed by atoms with Crippen molar-refractivity contribution in [2.45, 2.75) is 128 Å². The van der Waals surface area contributed by atoms with Crippen LogP contribution in [0.15, 0.2) is 84.4 Å². The van der Waals surface area contributed by atoms with Gasteiger partial charge in [-0.1, -0.05) is 87.0 Å². The second kappa shape index (κ2) is 17.6. The molecule has 3 aromatic rings. The zero-order valence-corrected chi connectivity index (χ0v) is 35.3. The van der Waals surface area contributed by atoms with Crippen molar-refractivity contribution in [3.63, 3.8) is 0 Å². The fraction of sp³-hybridized carbons (Fsp3) is 0.580. The lowest BCUT2D eigenvalue weighted by atomic mass is 9.45. The van der Waals surface area contributed by atoms with Gasteiger partial charge in [-0.15, -0.1) is 0 Å². The van der Waals surface area contributed by atoms with Crippen molar-refractivity contribution in [2.24, 2.45) is 28.6 Å². The van der Waals surface area contributed by atoms with Crippen LogP contribution in [-0.4, -0.2) is 70.1 Å². The van der Waals surface area contributed by atoms with E-state index in [1.54, 1.807) is 6.07 Å². The van der Waals surface area contributed by atoms with E-state index >= 15 is 0 Å². The Balaban J connectivity index is 1.22. The summed E-state index contributed by atoms with van der Waals surface area (Å²) in [5.74, 6) is 0.990. The van der Waals surface area contributed by atoms with Crippen LogP contribution in [0.4, 0.5) is 13.2 Å². The summed E-state index contributed by atoms with van der Waals surface area (Å²) in [6, 6.07) is 20.1. The van der Waals surface area contributed by atoms with Gasteiger partial charge in [-0.3, -0.25) is 9.69 Å². The molecule has 0 amide bonds. The van der Waals surface area contributed by atoms with Crippen LogP contribution in [0.25, 0.3) is 0 Å². The van der Waals surface area contributed by atoms with E-state index in [-0.39, 0.29) is 23.5 Å². The van der Waals surface area contributed by atoms with E-state index < -0.39 is 40.7 Å². The molecule has 0 saturated heterocycles. The van der Waals surface area contributed by atoms with E-state index in [0.29, 0.717) is 82.0 Å². The van der Waals surface area contributed by atoms with Crippen LogP contribution >= 0.6 is 0 Å². The lowest BCUT2D eigenvalue weighted by Crippen LogP contribution is -2.58. The standard InChI is InChI=1S/C50H64F3NO5/c1-33-10-9-22-48(4)44(42-20-16-35(24-40(55)19-15-33)25-43(42)46(57)36-13-8-14-39(26-36)50(51,52)53)21-23-49(48,58)32-54(28-37-17-18-38-27-45(37)47(38,2)3)29-41(56)31-59-30-34-11-6-5-7-12-34/h5-8,10-14,16,20,25-26,37-38,40-41,44-45,55-56,58H,9,15,17-19,21-24,27-32H2,1-4H3. The largest absolute Gasteiger partial charge is 0.416 e. The smallest absolute Gasteiger partial charge is 0.393 e. The summed E-state index contributed by atoms with van der Waals surface area (Å²) in [6.45, 7) is 11.0. The summed E-state index contributed by atoms with van der Waals surface area (Å²) in [5.41, 5.74) is 1.40. The number of hydrogen-bond acceptors (Lipinski definition) is 6. The van der Waals surface area contributed by atoms with Gasteiger partial charge in [-0.05, 0) is 135 Å². The molecule has 0 heterocycles. The molecule has 320 valence electrons. The molecule has 9 rings (SSSR count). The van der Waals surface area contributed by atoms with Crippen LogP contribution < -0.4 is 0 Å². The summed E-state index contributed by atoms with van der Waals surface area (Å²) in [6.07, 6.45) is 3.63. The highest BCUT2D eigenvalue weighted by Gasteiger charge is 2.58. The number of hydrogen-bond donors (Lipinski definition) is 3. The number of nitrogens with zero attached hydrogens (tertiary/aromatic N) is 1. The normalized spacial score (nSPS) is 29.9. The summed E-state index contributed by atoms with van der Waals surface area (Å²) in [7, 11) is 0. The average molecular weight is 816 g/mol. The molecule has 6 nitrogen and oxygen atoms in total. The van der Waals surface area contributed by atoms with Crippen LogP contribution in [0.5, 0.6) is 0 Å². The second-order valence-corrected chi connectivity index (χ2v) is 19.4. The molecule has 0 radical (unpaired) electrons. The van der Waals surface area contributed by atoms with Crippen molar-refractivity contribution < 1.29 is 38.0 Å². The fourth-order valence-electron chi connectivity index (χ4n) is 11.5. The van der Waals surface area contributed by atoms with E-state index in [1.165, 1.54) is 30.5 Å². The minimum absolute atomic E-state index is 0.0447. The Hall–Kier alpha value is -3.34. The van der Waals surface area contributed by atoms with E-state index in [1.807, 2.05) is 42.5 Å². The number of halogens is 3. The van der Waals surface area contributed by atoms with E-state index in [2.05, 4.69) is 38.7 Å². The van der Waals surface area contributed by atoms with Gasteiger partial charge in [0.2, 0.25) is 0 Å². The molecule has 4 saturated carbocycles. The number of rotatable bonds is 12. The number of carbonyl (C=O) groups is 1. The molecule has 59 heavy (non-hydrogen) atoms. The topological polar surface area (TPSA) is 90.2 Å². The molecule has 0 spiro atoms. The van der Waals surface area contributed by atoms with Gasteiger partial charge < -0.3 is 20.1 Å². The SMILES string of the molecule is CC1=CCCC2(C)C(CCC2(O)CN(CC(O)COCc2ccccc2)CC2CCC3CC2C3(C)C)c2ccc(cc2C(=O)c2cccc(C(F)(F)F)c2)CC(O)CC1. The van der Waals surface area contributed by atoms with Gasteiger partial charge in [-0.2, -0.15) is 13.2 Å². The second-order valence-electron chi connectivity index (χ2n) is 19.4. The third-order valence-corrected chi connectivity index (χ3v) is 15.2. The Morgan fingerprint density at radius 2 is 1.75 bits per heavy atom. The minimum atomic E-state index is -4.60. The molecule has 0 aromatic heterocycles. The maximum atomic E-state index is 14.5. The maximum Gasteiger partial charge on any atom is 0.416 e. The molecule has 9 heteroatoms. The first kappa shape index (κ1) is 43.7. The maximum absolute atomic E-state index is 14.5. The van der Waals surface area contributed by atoms with E-state index in [0.717, 1.165) is 47.7 Å². The Kier molecular flexibility index (Phi) is 13.0. The van der Waals surface area contributed by atoms with E-state index in [4.69, 9.17) is 4.74 Å². The van der Waals surface area contributed by atoms with Crippen molar-refractivity contribution >= 4 is 5.78 Å². The van der Waals surface area contributed by atoms with Crippen LogP contribution in [0.2, 0.25) is 0 Å². The third kappa shape index (κ3) is 9.45. The van der Waals surface area contributed by atoms with E-state index in [9.17, 15) is 33.3 Å². The van der Waals surface area contributed by atoms with Crippen LogP contribution in [0.1, 0.15) is 130 Å². The summed E-state index contributed by atoms with van der Waals surface area (Å²) >= 11 is 0. The third-order valence-electron chi connectivity index (χ3n) is 15.2. The predicted octanol–water partition coefficient (Wildman–Crippen LogP) is 9.93. The molecular formula is C50H64F3NO5. The minimum Gasteiger partial charge on any atom is -0.393 e. The van der Waals surface area contributed by atoms with Crippen LogP contribution in [0.3, 0.4) is 0 Å². The van der Waals surface area contributed by atoms with Crippen molar-refractivity contribution in [1.82, 2.24) is 4.90 Å². The molecule has 3 aromatic carbocycles. The number of allylic oxidation sites excluding steroid dienone is 2. The number of carbonyl (C=O) groups excluding carboxylic acids is 1. The lowest BCUT2D eigenvalue weighted by Gasteiger charge is -2.61. The van der Waals surface area contributed by atoms with Gasteiger partial charge in [0, 0.05) is 36.2 Å². The van der Waals surface area contributed by atoms with Crippen LogP contribution in [-0.2, 0) is 23.9 Å². The van der Waals surface area contributed by atoms with Crippen molar-refractivity contribution in [3.8, 4) is 0 Å². The first-order valence-electron chi connectivity index (χ1n) is 21.9. The monoisotopic (exact) mass is 815 g/mol. The highest BCUT2D eigenvalue weighted by Crippen LogP contribution is 2.62. The zero-order valence-electron chi connectivity index (χ0n) is 35.3. The van der Waals surface area contributed by atoms with Crippen molar-refractivity contribution in [1.29, 1.82) is 0 Å². The molecule has 8 unspecified atom stereocenters. The number of alkyl halides is 3. The molecule has 6 aliphatic carbocycles. The molecule has 8 atom stereocenters. The number of fused-ring (bicyclic) bond motifs is 10. The molecule has 3 N–H and O–H groups in total. The Morgan fingerprint density at radius 3 is 2.47 bits per heavy atom. The molecule has 0 aliphatic heterocycles. The quantitative estimate of drug-likeness (QED) is 0.125. The van der Waals surface area contributed by atoms with Gasteiger partial charge in [0.05, 0.1) is 36.6 Å². The summed E-state index contributed by atoms with van der Waals surface area (Å²) in [5, 5.41) is 35.8. The van der Waals surface area contributed by atoms with Crippen LogP contribution in [0, 0.1) is 28.6 Å². The number of benzene rings is 3. The van der Waals surface area contributed by atoms with Crippen molar-refractivity contribution in [3.05, 3.63) is 118 Å². The molecule has 6 aliphatic rings. The first-order chi connectivity index (χ1) is 28.0. The number of aliphatic hydroxyl groups excluding tert-OH is 2. The summed E-state index contributed by atoms with van der Waals surface area (Å²) < 4.78 is 47.6. The number of aliphatic hydroxyl groups is 3. The first-order valence-corrected chi connectivity index (χ1v) is 21.9.